The fourth-order valence-corrected chi connectivity index (χ4v) is 2.24. The van der Waals surface area contributed by atoms with E-state index in [1.54, 1.807) is 10.9 Å². The minimum Gasteiger partial charge on any atom is -0.480 e. The molecule has 1 atom stereocenters. The van der Waals surface area contributed by atoms with Crippen molar-refractivity contribution >= 4 is 12.0 Å². The highest BCUT2D eigenvalue weighted by Crippen LogP contribution is 2.17. The SMILES string of the molecule is O=C(O)C1CCCN1C(=O)NCCCn1cccn1. The second-order valence-corrected chi connectivity index (χ2v) is 4.54. The number of aryl methyl sites for hydroxylation is 1. The van der Waals surface area contributed by atoms with Crippen LogP contribution in [0.15, 0.2) is 18.5 Å². The smallest absolute Gasteiger partial charge is 0.326 e. The normalized spacial score (nSPS) is 18.5. The molecule has 1 aromatic heterocycles. The maximum atomic E-state index is 11.9. The molecule has 7 nitrogen and oxygen atoms in total. The predicted molar refractivity (Wildman–Crippen MR) is 67.6 cm³/mol. The first kappa shape index (κ1) is 13.4. The van der Waals surface area contributed by atoms with Crippen LogP contribution in [0.5, 0.6) is 0 Å². The van der Waals surface area contributed by atoms with E-state index in [2.05, 4.69) is 10.4 Å². The standard InChI is InChI=1S/C12H18N4O3/c17-11(18)10-4-1-9-16(10)12(19)13-5-2-7-15-8-3-6-14-15/h3,6,8,10H,1-2,4-5,7,9H2,(H,13,19)(H,17,18). The highest BCUT2D eigenvalue weighted by molar-refractivity contribution is 5.83. The maximum absolute atomic E-state index is 11.9. The highest BCUT2D eigenvalue weighted by Gasteiger charge is 2.33. The zero-order chi connectivity index (χ0) is 13.7. The molecule has 0 bridgehead atoms. The molecule has 0 saturated carbocycles. The van der Waals surface area contributed by atoms with Gasteiger partial charge in [0.1, 0.15) is 6.04 Å². The molecule has 2 heterocycles. The Morgan fingerprint density at radius 3 is 3.00 bits per heavy atom. The molecular weight excluding hydrogens is 248 g/mol. The zero-order valence-electron chi connectivity index (χ0n) is 10.7. The summed E-state index contributed by atoms with van der Waals surface area (Å²) in [5.74, 6) is -0.927. The Labute approximate surface area is 111 Å². The van der Waals surface area contributed by atoms with Crippen molar-refractivity contribution in [2.75, 3.05) is 13.1 Å². The molecule has 0 aliphatic carbocycles. The molecule has 2 amide bonds. The monoisotopic (exact) mass is 266 g/mol. The number of rotatable bonds is 5. The first-order valence-corrected chi connectivity index (χ1v) is 6.43. The number of carboxylic acids is 1. The minimum absolute atomic E-state index is 0.287. The zero-order valence-corrected chi connectivity index (χ0v) is 10.7. The number of urea groups is 1. The van der Waals surface area contributed by atoms with Crippen LogP contribution >= 0.6 is 0 Å². The van der Waals surface area contributed by atoms with Crippen molar-refractivity contribution in [1.82, 2.24) is 20.0 Å². The Kier molecular flexibility index (Phi) is 4.38. The number of amides is 2. The van der Waals surface area contributed by atoms with E-state index >= 15 is 0 Å². The number of aliphatic carboxylic acids is 1. The lowest BCUT2D eigenvalue weighted by atomic mass is 10.2. The van der Waals surface area contributed by atoms with Crippen LogP contribution in [0.4, 0.5) is 4.79 Å². The molecule has 1 fully saturated rings. The predicted octanol–water partition coefficient (Wildman–Crippen LogP) is 0.532. The van der Waals surface area contributed by atoms with Crippen molar-refractivity contribution in [1.29, 1.82) is 0 Å². The number of nitrogens with one attached hydrogen (secondary N) is 1. The van der Waals surface area contributed by atoms with Crippen LogP contribution in [0.3, 0.4) is 0 Å². The van der Waals surface area contributed by atoms with Gasteiger partial charge in [-0.05, 0) is 25.3 Å². The van der Waals surface area contributed by atoms with Crippen molar-refractivity contribution in [2.24, 2.45) is 0 Å². The molecule has 7 heteroatoms. The quantitative estimate of drug-likeness (QED) is 0.761. The summed E-state index contributed by atoms with van der Waals surface area (Å²) >= 11 is 0. The van der Waals surface area contributed by atoms with E-state index in [0.717, 1.165) is 19.4 Å². The van der Waals surface area contributed by atoms with Crippen LogP contribution < -0.4 is 5.32 Å². The Morgan fingerprint density at radius 1 is 1.47 bits per heavy atom. The molecular formula is C12H18N4O3. The third kappa shape index (κ3) is 3.46. The Morgan fingerprint density at radius 2 is 2.32 bits per heavy atom. The van der Waals surface area contributed by atoms with Gasteiger partial charge in [0.05, 0.1) is 0 Å². The average Bonchev–Trinajstić information content (AvgIpc) is 3.04. The fourth-order valence-electron chi connectivity index (χ4n) is 2.24. The Bertz CT molecular complexity index is 432. The molecule has 0 radical (unpaired) electrons. The molecule has 0 aromatic carbocycles. The number of carboxylic acid groups (broad SMARTS) is 1. The number of hydrogen-bond donors (Lipinski definition) is 2. The molecule has 19 heavy (non-hydrogen) atoms. The molecule has 0 spiro atoms. The lowest BCUT2D eigenvalue weighted by Crippen LogP contribution is -2.46. The van der Waals surface area contributed by atoms with E-state index in [9.17, 15) is 9.59 Å². The number of likely N-dealkylation sites (tertiary alicyclic amines) is 1. The minimum atomic E-state index is -0.927. The Balaban J connectivity index is 1.70. The van der Waals surface area contributed by atoms with E-state index in [0.29, 0.717) is 19.5 Å². The van der Waals surface area contributed by atoms with Crippen LogP contribution in [-0.4, -0.2) is 50.9 Å². The average molecular weight is 266 g/mol. The summed E-state index contributed by atoms with van der Waals surface area (Å²) in [6.07, 6.45) is 5.62. The first-order valence-electron chi connectivity index (χ1n) is 6.43. The van der Waals surface area contributed by atoms with Crippen LogP contribution in [0.25, 0.3) is 0 Å². The molecule has 1 aliphatic heterocycles. The molecule has 2 N–H and O–H groups in total. The molecule has 1 aromatic rings. The maximum Gasteiger partial charge on any atom is 0.326 e. The van der Waals surface area contributed by atoms with Gasteiger partial charge in [-0.25, -0.2) is 9.59 Å². The lowest BCUT2D eigenvalue weighted by Gasteiger charge is -2.21. The summed E-state index contributed by atoms with van der Waals surface area (Å²) in [6, 6.07) is 0.886. The van der Waals surface area contributed by atoms with E-state index in [4.69, 9.17) is 5.11 Å². The van der Waals surface area contributed by atoms with E-state index in [-0.39, 0.29) is 6.03 Å². The van der Waals surface area contributed by atoms with Crippen molar-refractivity contribution in [3.05, 3.63) is 18.5 Å². The summed E-state index contributed by atoms with van der Waals surface area (Å²) < 4.78 is 1.79. The summed E-state index contributed by atoms with van der Waals surface area (Å²) in [5, 5.41) is 15.8. The van der Waals surface area contributed by atoms with Gasteiger partial charge < -0.3 is 15.3 Å². The second kappa shape index (κ2) is 6.21. The number of carbonyl (C=O) groups is 2. The van der Waals surface area contributed by atoms with Gasteiger partial charge in [-0.1, -0.05) is 0 Å². The molecule has 1 saturated heterocycles. The second-order valence-electron chi connectivity index (χ2n) is 4.54. The van der Waals surface area contributed by atoms with Crippen LogP contribution in [0.2, 0.25) is 0 Å². The largest absolute Gasteiger partial charge is 0.480 e. The van der Waals surface area contributed by atoms with Crippen LogP contribution in [-0.2, 0) is 11.3 Å². The fraction of sp³-hybridized carbons (Fsp3) is 0.583. The number of hydrogen-bond acceptors (Lipinski definition) is 3. The molecule has 2 rings (SSSR count). The third-order valence-corrected chi connectivity index (χ3v) is 3.20. The summed E-state index contributed by atoms with van der Waals surface area (Å²) in [7, 11) is 0. The van der Waals surface area contributed by atoms with Crippen molar-refractivity contribution in [2.45, 2.75) is 31.8 Å². The van der Waals surface area contributed by atoms with Crippen molar-refractivity contribution in [3.8, 4) is 0 Å². The molecule has 1 aliphatic rings. The van der Waals surface area contributed by atoms with E-state index in [1.807, 2.05) is 12.3 Å². The van der Waals surface area contributed by atoms with Crippen LogP contribution in [0.1, 0.15) is 19.3 Å². The first-order chi connectivity index (χ1) is 9.18. The summed E-state index contributed by atoms with van der Waals surface area (Å²) in [4.78, 5) is 24.2. The molecule has 104 valence electrons. The van der Waals surface area contributed by atoms with Gasteiger partial charge in [0.15, 0.2) is 0 Å². The van der Waals surface area contributed by atoms with Gasteiger partial charge in [0, 0.05) is 32.0 Å². The number of nitrogens with zero attached hydrogens (tertiary/aromatic N) is 3. The number of carbonyl (C=O) groups excluding carboxylic acids is 1. The van der Waals surface area contributed by atoms with Crippen molar-refractivity contribution < 1.29 is 14.7 Å². The summed E-state index contributed by atoms with van der Waals surface area (Å²) in [5.41, 5.74) is 0. The van der Waals surface area contributed by atoms with Crippen LogP contribution in [0, 0.1) is 0 Å². The van der Waals surface area contributed by atoms with Gasteiger partial charge in [-0.15, -0.1) is 0 Å². The van der Waals surface area contributed by atoms with Gasteiger partial charge in [-0.3, -0.25) is 4.68 Å². The molecule has 1 unspecified atom stereocenters. The lowest BCUT2D eigenvalue weighted by molar-refractivity contribution is -0.141. The third-order valence-electron chi connectivity index (χ3n) is 3.20. The van der Waals surface area contributed by atoms with Crippen molar-refractivity contribution in [3.63, 3.8) is 0 Å². The number of aromatic nitrogens is 2. The topological polar surface area (TPSA) is 87.5 Å². The Hall–Kier alpha value is -2.05. The summed E-state index contributed by atoms with van der Waals surface area (Å²) in [6.45, 7) is 1.76. The van der Waals surface area contributed by atoms with Gasteiger partial charge in [0.25, 0.3) is 0 Å². The van der Waals surface area contributed by atoms with Gasteiger partial charge in [0.2, 0.25) is 0 Å². The van der Waals surface area contributed by atoms with E-state index < -0.39 is 12.0 Å². The van der Waals surface area contributed by atoms with E-state index in [1.165, 1.54) is 4.90 Å². The van der Waals surface area contributed by atoms with Gasteiger partial charge >= 0.3 is 12.0 Å². The highest BCUT2D eigenvalue weighted by atomic mass is 16.4. The van der Waals surface area contributed by atoms with Gasteiger partial charge in [-0.2, -0.15) is 5.10 Å².